The quantitative estimate of drug-likeness (QED) is 0.796. The smallest absolute Gasteiger partial charge is 0.270 e. The fourth-order valence-electron chi connectivity index (χ4n) is 4.09. The number of carbonyl (C=O) groups is 1. The monoisotopic (exact) mass is 367 g/mol. The number of nitrogens with one attached hydrogen (secondary N) is 1. The SMILES string of the molecule is O=C(c1ccc[nH]1)N1CCc2cc(OCCCN3CCCCC3)ccc2C1. The molecular weight excluding hydrogens is 338 g/mol. The van der Waals surface area contributed by atoms with E-state index in [1.807, 2.05) is 23.1 Å². The lowest BCUT2D eigenvalue weighted by Gasteiger charge is -2.29. The highest BCUT2D eigenvalue weighted by atomic mass is 16.5. The summed E-state index contributed by atoms with van der Waals surface area (Å²) < 4.78 is 5.98. The molecule has 1 saturated heterocycles. The Kier molecular flexibility index (Phi) is 5.78. The molecule has 1 aromatic heterocycles. The molecule has 4 rings (SSSR count). The van der Waals surface area contributed by atoms with Gasteiger partial charge in [-0.05, 0) is 74.2 Å². The number of benzene rings is 1. The standard InChI is InChI=1S/C22H29N3O2/c26-22(21-6-4-10-23-21)25-14-9-18-16-20(8-7-19(18)17-25)27-15-5-13-24-11-2-1-3-12-24/h4,6-8,10,16,23H,1-3,5,9,11-15,17H2. The van der Waals surface area contributed by atoms with Gasteiger partial charge in [0, 0.05) is 25.8 Å². The average Bonchev–Trinajstić information content (AvgIpc) is 3.26. The predicted molar refractivity (Wildman–Crippen MR) is 106 cm³/mol. The number of H-pyrrole nitrogens is 1. The topological polar surface area (TPSA) is 48.6 Å². The van der Waals surface area contributed by atoms with Crippen LogP contribution in [-0.2, 0) is 13.0 Å². The molecule has 0 unspecified atom stereocenters. The molecule has 2 aliphatic heterocycles. The van der Waals surface area contributed by atoms with E-state index >= 15 is 0 Å². The summed E-state index contributed by atoms with van der Waals surface area (Å²) in [5.74, 6) is 1.03. The second-order valence-electron chi connectivity index (χ2n) is 7.60. The van der Waals surface area contributed by atoms with Crippen molar-refractivity contribution in [1.29, 1.82) is 0 Å². The van der Waals surface area contributed by atoms with Crippen LogP contribution in [0.15, 0.2) is 36.5 Å². The summed E-state index contributed by atoms with van der Waals surface area (Å²) in [6.45, 7) is 5.83. The van der Waals surface area contributed by atoms with Gasteiger partial charge in [-0.1, -0.05) is 12.5 Å². The summed E-state index contributed by atoms with van der Waals surface area (Å²) in [5.41, 5.74) is 3.19. The fourth-order valence-corrected chi connectivity index (χ4v) is 4.09. The van der Waals surface area contributed by atoms with Crippen molar-refractivity contribution in [3.05, 3.63) is 53.3 Å². The maximum Gasteiger partial charge on any atom is 0.270 e. The van der Waals surface area contributed by atoms with Crippen molar-refractivity contribution < 1.29 is 9.53 Å². The van der Waals surface area contributed by atoms with E-state index in [-0.39, 0.29) is 5.91 Å². The normalized spacial score (nSPS) is 17.6. The fraction of sp³-hybridized carbons (Fsp3) is 0.500. The highest BCUT2D eigenvalue weighted by Crippen LogP contribution is 2.25. The Morgan fingerprint density at radius 1 is 1.07 bits per heavy atom. The van der Waals surface area contributed by atoms with Crippen molar-refractivity contribution in [3.63, 3.8) is 0 Å². The summed E-state index contributed by atoms with van der Waals surface area (Å²) >= 11 is 0. The first-order chi connectivity index (χ1) is 13.3. The number of piperidine rings is 1. The number of hydrogen-bond donors (Lipinski definition) is 1. The molecule has 2 aliphatic rings. The minimum atomic E-state index is 0.0729. The lowest BCUT2D eigenvalue weighted by Crippen LogP contribution is -2.36. The lowest BCUT2D eigenvalue weighted by molar-refractivity contribution is 0.0729. The number of nitrogens with zero attached hydrogens (tertiary/aromatic N) is 2. The largest absolute Gasteiger partial charge is 0.494 e. The van der Waals surface area contributed by atoms with Crippen LogP contribution in [0.2, 0.25) is 0 Å². The molecule has 5 nitrogen and oxygen atoms in total. The van der Waals surface area contributed by atoms with Crippen molar-refractivity contribution >= 4 is 5.91 Å². The molecule has 0 bridgehead atoms. The average molecular weight is 367 g/mol. The molecule has 27 heavy (non-hydrogen) atoms. The number of rotatable bonds is 6. The Labute approximate surface area is 161 Å². The van der Waals surface area contributed by atoms with Gasteiger partial charge in [0.25, 0.3) is 5.91 Å². The number of aromatic nitrogens is 1. The number of aromatic amines is 1. The van der Waals surface area contributed by atoms with Crippen molar-refractivity contribution in [2.75, 3.05) is 32.8 Å². The predicted octanol–water partition coefficient (Wildman–Crippen LogP) is 3.47. The molecule has 2 aromatic rings. The number of amides is 1. The molecule has 5 heteroatoms. The number of fused-ring (bicyclic) bond motifs is 1. The molecular formula is C22H29N3O2. The molecule has 1 N–H and O–H groups in total. The number of hydrogen-bond acceptors (Lipinski definition) is 3. The van der Waals surface area contributed by atoms with Crippen LogP contribution in [0.5, 0.6) is 5.75 Å². The first kappa shape index (κ1) is 18.1. The maximum atomic E-state index is 12.5. The maximum absolute atomic E-state index is 12.5. The van der Waals surface area contributed by atoms with Gasteiger partial charge in [-0.2, -0.15) is 0 Å². The zero-order chi connectivity index (χ0) is 18.5. The van der Waals surface area contributed by atoms with Gasteiger partial charge < -0.3 is 19.5 Å². The minimum absolute atomic E-state index is 0.0729. The molecule has 144 valence electrons. The highest BCUT2D eigenvalue weighted by Gasteiger charge is 2.22. The Morgan fingerprint density at radius 2 is 1.96 bits per heavy atom. The van der Waals surface area contributed by atoms with Crippen LogP contribution in [0.1, 0.15) is 47.3 Å². The van der Waals surface area contributed by atoms with Crippen LogP contribution >= 0.6 is 0 Å². The van der Waals surface area contributed by atoms with Crippen LogP contribution in [0, 0.1) is 0 Å². The van der Waals surface area contributed by atoms with Gasteiger partial charge in [-0.3, -0.25) is 4.79 Å². The lowest BCUT2D eigenvalue weighted by atomic mass is 9.99. The summed E-state index contributed by atoms with van der Waals surface area (Å²) in [7, 11) is 0. The summed E-state index contributed by atoms with van der Waals surface area (Å²) in [5, 5.41) is 0. The number of likely N-dealkylation sites (tertiary alicyclic amines) is 1. The van der Waals surface area contributed by atoms with E-state index < -0.39 is 0 Å². The van der Waals surface area contributed by atoms with Gasteiger partial charge in [0.15, 0.2) is 0 Å². The molecule has 1 amide bonds. The Balaban J connectivity index is 1.27. The van der Waals surface area contributed by atoms with Crippen LogP contribution < -0.4 is 4.74 Å². The molecule has 0 atom stereocenters. The second kappa shape index (κ2) is 8.61. The zero-order valence-corrected chi connectivity index (χ0v) is 16.0. The molecule has 1 fully saturated rings. The van der Waals surface area contributed by atoms with Gasteiger partial charge in [-0.25, -0.2) is 0 Å². The first-order valence-corrected chi connectivity index (χ1v) is 10.2. The van der Waals surface area contributed by atoms with E-state index in [1.165, 1.54) is 43.5 Å². The summed E-state index contributed by atoms with van der Waals surface area (Å²) in [6.07, 6.45) is 7.82. The molecule has 1 aromatic carbocycles. The molecule has 0 aliphatic carbocycles. The van der Waals surface area contributed by atoms with E-state index in [2.05, 4.69) is 22.0 Å². The van der Waals surface area contributed by atoms with Gasteiger partial charge in [-0.15, -0.1) is 0 Å². The van der Waals surface area contributed by atoms with E-state index in [9.17, 15) is 4.79 Å². The van der Waals surface area contributed by atoms with E-state index in [0.29, 0.717) is 12.2 Å². The molecule has 0 saturated carbocycles. The van der Waals surface area contributed by atoms with Gasteiger partial charge in [0.1, 0.15) is 11.4 Å². The second-order valence-corrected chi connectivity index (χ2v) is 7.60. The number of carbonyl (C=O) groups excluding carboxylic acids is 1. The minimum Gasteiger partial charge on any atom is -0.494 e. The van der Waals surface area contributed by atoms with Crippen LogP contribution in [0.4, 0.5) is 0 Å². The van der Waals surface area contributed by atoms with Crippen molar-refractivity contribution in [2.24, 2.45) is 0 Å². The van der Waals surface area contributed by atoms with Crippen LogP contribution in [0.3, 0.4) is 0 Å². The third-order valence-corrected chi connectivity index (χ3v) is 5.64. The van der Waals surface area contributed by atoms with Crippen LogP contribution in [0.25, 0.3) is 0 Å². The third-order valence-electron chi connectivity index (χ3n) is 5.64. The third kappa shape index (κ3) is 4.53. The van der Waals surface area contributed by atoms with Gasteiger partial charge >= 0.3 is 0 Å². The van der Waals surface area contributed by atoms with Crippen molar-refractivity contribution in [1.82, 2.24) is 14.8 Å². The van der Waals surface area contributed by atoms with Crippen LogP contribution in [-0.4, -0.2) is 53.5 Å². The Bertz CT molecular complexity index is 751. The summed E-state index contributed by atoms with van der Waals surface area (Å²) in [6, 6.07) is 10.0. The van der Waals surface area contributed by atoms with Gasteiger partial charge in [0.05, 0.1) is 6.61 Å². The first-order valence-electron chi connectivity index (χ1n) is 10.2. The molecule has 0 spiro atoms. The van der Waals surface area contributed by atoms with Crippen molar-refractivity contribution in [2.45, 2.75) is 38.6 Å². The number of ether oxygens (including phenoxy) is 1. The summed E-state index contributed by atoms with van der Waals surface area (Å²) in [4.78, 5) is 20.0. The Morgan fingerprint density at radius 3 is 2.78 bits per heavy atom. The van der Waals surface area contributed by atoms with Crippen molar-refractivity contribution in [3.8, 4) is 5.75 Å². The molecule has 0 radical (unpaired) electrons. The zero-order valence-electron chi connectivity index (χ0n) is 16.0. The van der Waals surface area contributed by atoms with E-state index in [4.69, 9.17) is 4.74 Å². The Hall–Kier alpha value is -2.27. The van der Waals surface area contributed by atoms with E-state index in [1.54, 1.807) is 6.20 Å². The van der Waals surface area contributed by atoms with Gasteiger partial charge in [0.2, 0.25) is 0 Å². The highest BCUT2D eigenvalue weighted by molar-refractivity contribution is 5.92. The molecule has 3 heterocycles. The van der Waals surface area contributed by atoms with E-state index in [0.717, 1.165) is 38.3 Å².